The van der Waals surface area contributed by atoms with E-state index in [1.807, 2.05) is 0 Å². The van der Waals surface area contributed by atoms with Crippen molar-refractivity contribution in [2.45, 2.75) is 0 Å². The summed E-state index contributed by atoms with van der Waals surface area (Å²) in [4.78, 5) is 36.5. The number of anilines is 1. The lowest BCUT2D eigenvalue weighted by Crippen LogP contribution is -2.20. The van der Waals surface area contributed by atoms with Crippen LogP contribution >= 0.6 is 22.9 Å². The Labute approximate surface area is 187 Å². The van der Waals surface area contributed by atoms with Crippen LogP contribution in [-0.2, 0) is 9.53 Å². The second-order valence-corrected chi connectivity index (χ2v) is 7.91. The molecule has 0 saturated heterocycles. The van der Waals surface area contributed by atoms with Crippen LogP contribution in [0.25, 0.3) is 0 Å². The van der Waals surface area contributed by atoms with E-state index in [1.165, 1.54) is 24.3 Å². The summed E-state index contributed by atoms with van der Waals surface area (Å²) in [6.07, 6.45) is 0. The van der Waals surface area contributed by atoms with Crippen molar-refractivity contribution in [3.8, 4) is 11.5 Å². The Morgan fingerprint density at radius 2 is 1.74 bits per heavy atom. The van der Waals surface area contributed by atoms with E-state index in [-0.39, 0.29) is 30.5 Å². The lowest BCUT2D eigenvalue weighted by molar-refractivity contribution is -0.118. The van der Waals surface area contributed by atoms with Gasteiger partial charge in [-0.25, -0.2) is 4.79 Å². The highest BCUT2D eigenvalue weighted by Crippen LogP contribution is 2.22. The number of esters is 1. The van der Waals surface area contributed by atoms with Crippen molar-refractivity contribution in [3.05, 3.63) is 75.4 Å². The molecule has 0 aliphatic rings. The van der Waals surface area contributed by atoms with E-state index in [1.54, 1.807) is 43.5 Å². The Bertz CT molecular complexity index is 1080. The molecule has 2 aromatic carbocycles. The first-order valence-corrected chi connectivity index (χ1v) is 10.3. The standard InChI is InChI=1S/C22H18ClNO6S/c1-28-17-4-2-3-15(11-17)24-21(26)13-29-16-7-5-14(6-8-16)22(27)30-12-18(25)19-9-10-20(23)31-19/h2-11H,12-13H2,1H3,(H,24,26). The number of ether oxygens (including phenoxy) is 3. The molecule has 0 atom stereocenters. The Kier molecular flexibility index (Phi) is 7.64. The third-order valence-corrected chi connectivity index (χ3v) is 5.27. The molecule has 1 amide bonds. The Morgan fingerprint density at radius 3 is 2.42 bits per heavy atom. The predicted molar refractivity (Wildman–Crippen MR) is 118 cm³/mol. The van der Waals surface area contributed by atoms with Crippen molar-refractivity contribution in [1.29, 1.82) is 0 Å². The highest BCUT2D eigenvalue weighted by Gasteiger charge is 2.14. The van der Waals surface area contributed by atoms with Crippen molar-refractivity contribution < 1.29 is 28.6 Å². The van der Waals surface area contributed by atoms with Gasteiger partial charge < -0.3 is 19.5 Å². The Hall–Kier alpha value is -3.36. The van der Waals surface area contributed by atoms with Gasteiger partial charge >= 0.3 is 5.97 Å². The molecule has 0 fully saturated rings. The van der Waals surface area contributed by atoms with Gasteiger partial charge in [-0.2, -0.15) is 0 Å². The molecule has 0 unspecified atom stereocenters. The zero-order valence-corrected chi connectivity index (χ0v) is 18.0. The van der Waals surface area contributed by atoms with Crippen LogP contribution in [0, 0.1) is 0 Å². The first kappa shape index (κ1) is 22.3. The monoisotopic (exact) mass is 459 g/mol. The molecule has 0 spiro atoms. The molecule has 1 heterocycles. The molecule has 3 rings (SSSR count). The van der Waals surface area contributed by atoms with E-state index in [0.29, 0.717) is 26.4 Å². The number of ketones is 1. The van der Waals surface area contributed by atoms with Gasteiger partial charge in [0.05, 0.1) is 21.9 Å². The third kappa shape index (κ3) is 6.56. The van der Waals surface area contributed by atoms with Gasteiger partial charge in [0.25, 0.3) is 5.91 Å². The van der Waals surface area contributed by atoms with E-state index in [9.17, 15) is 14.4 Å². The van der Waals surface area contributed by atoms with Gasteiger partial charge in [-0.05, 0) is 48.5 Å². The van der Waals surface area contributed by atoms with Crippen LogP contribution in [0.4, 0.5) is 5.69 Å². The summed E-state index contributed by atoms with van der Waals surface area (Å²) in [5.41, 5.74) is 0.843. The summed E-state index contributed by atoms with van der Waals surface area (Å²) in [6.45, 7) is -0.586. The van der Waals surface area contributed by atoms with Crippen LogP contribution in [0.1, 0.15) is 20.0 Å². The number of methoxy groups -OCH3 is 1. The van der Waals surface area contributed by atoms with E-state index >= 15 is 0 Å². The van der Waals surface area contributed by atoms with Gasteiger partial charge in [0.2, 0.25) is 5.78 Å². The minimum Gasteiger partial charge on any atom is -0.497 e. The fourth-order valence-corrected chi connectivity index (χ4v) is 3.45. The molecule has 31 heavy (non-hydrogen) atoms. The largest absolute Gasteiger partial charge is 0.497 e. The van der Waals surface area contributed by atoms with Crippen molar-refractivity contribution >= 4 is 46.3 Å². The average Bonchev–Trinajstić information content (AvgIpc) is 3.22. The van der Waals surface area contributed by atoms with Crippen LogP contribution in [0.3, 0.4) is 0 Å². The lowest BCUT2D eigenvalue weighted by Gasteiger charge is -2.09. The zero-order chi connectivity index (χ0) is 22.2. The van der Waals surface area contributed by atoms with Gasteiger partial charge in [0.15, 0.2) is 13.2 Å². The fraction of sp³-hybridized carbons (Fsp3) is 0.136. The molecule has 3 aromatic rings. The number of halogens is 1. The topological polar surface area (TPSA) is 90.9 Å². The summed E-state index contributed by atoms with van der Waals surface area (Å²) in [7, 11) is 1.54. The van der Waals surface area contributed by atoms with Gasteiger partial charge in [-0.15, -0.1) is 11.3 Å². The summed E-state index contributed by atoms with van der Waals surface area (Å²) in [5, 5.41) is 2.70. The SMILES string of the molecule is COc1cccc(NC(=O)COc2ccc(C(=O)OCC(=O)c3ccc(Cl)s3)cc2)c1. The molecule has 0 radical (unpaired) electrons. The highest BCUT2D eigenvalue weighted by molar-refractivity contribution is 7.18. The minimum atomic E-state index is -0.640. The molecule has 0 saturated carbocycles. The molecule has 1 N–H and O–H groups in total. The summed E-state index contributed by atoms with van der Waals surface area (Å²) >= 11 is 6.92. The number of carbonyl (C=O) groups is 3. The predicted octanol–water partition coefficient (Wildman–Crippen LogP) is 4.47. The first-order valence-electron chi connectivity index (χ1n) is 9.07. The van der Waals surface area contributed by atoms with Crippen LogP contribution in [0.5, 0.6) is 11.5 Å². The summed E-state index contributed by atoms with van der Waals surface area (Å²) in [5.74, 6) is -0.279. The van der Waals surface area contributed by atoms with Gasteiger partial charge in [-0.1, -0.05) is 17.7 Å². The minimum absolute atomic E-state index is 0.209. The average molecular weight is 460 g/mol. The van der Waals surface area contributed by atoms with Crippen LogP contribution in [0.15, 0.2) is 60.7 Å². The van der Waals surface area contributed by atoms with Crippen molar-refractivity contribution in [2.75, 3.05) is 25.6 Å². The maximum atomic E-state index is 12.1. The molecule has 160 valence electrons. The van der Waals surface area contributed by atoms with Gasteiger partial charge in [0.1, 0.15) is 11.5 Å². The molecular formula is C22H18ClNO6S. The van der Waals surface area contributed by atoms with Crippen LogP contribution in [-0.4, -0.2) is 38.0 Å². The summed E-state index contributed by atoms with van der Waals surface area (Å²) in [6, 6.07) is 16.2. The maximum absolute atomic E-state index is 12.1. The van der Waals surface area contributed by atoms with Crippen LogP contribution < -0.4 is 14.8 Å². The second kappa shape index (κ2) is 10.6. The number of rotatable bonds is 9. The number of hydrogen-bond acceptors (Lipinski definition) is 7. The normalized spacial score (nSPS) is 10.3. The Balaban J connectivity index is 1.46. The molecule has 0 aliphatic carbocycles. The molecule has 0 bridgehead atoms. The third-order valence-electron chi connectivity index (χ3n) is 4.00. The summed E-state index contributed by atoms with van der Waals surface area (Å²) < 4.78 is 16.1. The maximum Gasteiger partial charge on any atom is 0.338 e. The van der Waals surface area contributed by atoms with E-state index in [2.05, 4.69) is 5.32 Å². The number of thiophene rings is 1. The van der Waals surface area contributed by atoms with Crippen molar-refractivity contribution in [2.24, 2.45) is 0 Å². The second-order valence-electron chi connectivity index (χ2n) is 6.20. The number of amides is 1. The number of hydrogen-bond donors (Lipinski definition) is 1. The van der Waals surface area contributed by atoms with Crippen molar-refractivity contribution in [1.82, 2.24) is 0 Å². The fourth-order valence-electron chi connectivity index (χ4n) is 2.48. The molecule has 0 aliphatic heterocycles. The van der Waals surface area contributed by atoms with E-state index in [4.69, 9.17) is 25.8 Å². The molecular weight excluding hydrogens is 442 g/mol. The van der Waals surface area contributed by atoms with E-state index < -0.39 is 5.97 Å². The molecule has 1 aromatic heterocycles. The number of carbonyl (C=O) groups excluding carboxylic acids is 3. The highest BCUT2D eigenvalue weighted by atomic mass is 35.5. The van der Waals surface area contributed by atoms with Gasteiger partial charge in [-0.3, -0.25) is 9.59 Å². The first-order chi connectivity index (χ1) is 14.9. The lowest BCUT2D eigenvalue weighted by atomic mass is 10.2. The molecule has 9 heteroatoms. The van der Waals surface area contributed by atoms with Crippen molar-refractivity contribution in [3.63, 3.8) is 0 Å². The smallest absolute Gasteiger partial charge is 0.338 e. The number of benzene rings is 2. The van der Waals surface area contributed by atoms with Gasteiger partial charge in [0, 0.05) is 11.8 Å². The van der Waals surface area contributed by atoms with E-state index in [0.717, 1.165) is 11.3 Å². The number of Topliss-reactive ketones (excluding diaryl/α,β-unsaturated/α-hetero) is 1. The van der Waals surface area contributed by atoms with Crippen LogP contribution in [0.2, 0.25) is 4.34 Å². The number of nitrogens with one attached hydrogen (secondary N) is 1. The quantitative estimate of drug-likeness (QED) is 0.375. The Morgan fingerprint density at radius 1 is 0.968 bits per heavy atom. The molecule has 7 nitrogen and oxygen atoms in total. The zero-order valence-electron chi connectivity index (χ0n) is 16.4.